The highest BCUT2D eigenvalue weighted by Crippen LogP contribution is 2.24. The molecule has 0 fully saturated rings. The fourth-order valence-corrected chi connectivity index (χ4v) is 2.29. The Morgan fingerprint density at radius 2 is 1.90 bits per heavy atom. The fraction of sp³-hybridized carbons (Fsp3) is 0.412. The topological polar surface area (TPSA) is 34.4 Å². The zero-order valence-electron chi connectivity index (χ0n) is 12.5. The van der Waals surface area contributed by atoms with E-state index in [2.05, 4.69) is 36.5 Å². The van der Waals surface area contributed by atoms with E-state index in [9.17, 15) is 0 Å². The zero-order valence-corrected chi connectivity index (χ0v) is 12.5. The average molecular weight is 273 g/mol. The smallest absolute Gasteiger partial charge is 0.125 e. The van der Waals surface area contributed by atoms with E-state index in [4.69, 9.17) is 9.15 Å². The molecule has 0 aliphatic carbocycles. The predicted octanol–water partition coefficient (Wildman–Crippen LogP) is 3.48. The van der Waals surface area contributed by atoms with Gasteiger partial charge in [0.25, 0.3) is 0 Å². The van der Waals surface area contributed by atoms with Crippen molar-refractivity contribution in [1.29, 1.82) is 0 Å². The van der Waals surface area contributed by atoms with E-state index < -0.39 is 0 Å². The van der Waals surface area contributed by atoms with Gasteiger partial charge in [0, 0.05) is 7.11 Å². The summed E-state index contributed by atoms with van der Waals surface area (Å²) in [5.41, 5.74) is 2.52. The van der Waals surface area contributed by atoms with Crippen LogP contribution in [0, 0.1) is 6.92 Å². The maximum absolute atomic E-state index is 5.77. The fourth-order valence-electron chi connectivity index (χ4n) is 2.29. The molecule has 1 atom stereocenters. The van der Waals surface area contributed by atoms with Crippen LogP contribution in [0.2, 0.25) is 0 Å². The van der Waals surface area contributed by atoms with E-state index in [0.717, 1.165) is 31.1 Å². The van der Waals surface area contributed by atoms with Gasteiger partial charge in [-0.15, -0.1) is 0 Å². The molecule has 20 heavy (non-hydrogen) atoms. The number of furan rings is 1. The first-order chi connectivity index (χ1) is 9.74. The summed E-state index contributed by atoms with van der Waals surface area (Å²) in [6.45, 7) is 5.74. The third-order valence-electron chi connectivity index (χ3n) is 3.36. The SMILES string of the molecule is CCNC(c1ccc(CCOC)cc1)c1ccc(C)o1. The Morgan fingerprint density at radius 3 is 2.45 bits per heavy atom. The molecular weight excluding hydrogens is 250 g/mol. The summed E-state index contributed by atoms with van der Waals surface area (Å²) in [5.74, 6) is 1.91. The summed E-state index contributed by atoms with van der Waals surface area (Å²) in [4.78, 5) is 0. The van der Waals surface area contributed by atoms with Crippen LogP contribution in [-0.4, -0.2) is 20.3 Å². The molecule has 1 aromatic heterocycles. The Labute approximate surface area is 121 Å². The quantitative estimate of drug-likeness (QED) is 0.838. The number of ether oxygens (including phenoxy) is 1. The van der Waals surface area contributed by atoms with Crippen molar-refractivity contribution >= 4 is 0 Å². The van der Waals surface area contributed by atoms with E-state index in [0.29, 0.717) is 0 Å². The summed E-state index contributed by atoms with van der Waals surface area (Å²) < 4.78 is 10.9. The van der Waals surface area contributed by atoms with Crippen LogP contribution in [0.25, 0.3) is 0 Å². The van der Waals surface area contributed by atoms with Crippen LogP contribution in [0.3, 0.4) is 0 Å². The highest BCUT2D eigenvalue weighted by molar-refractivity contribution is 5.30. The lowest BCUT2D eigenvalue weighted by molar-refractivity contribution is 0.202. The molecular formula is C17H23NO2. The standard InChI is InChI=1S/C17H23NO2/c1-4-18-17(16-10-5-13(2)20-16)15-8-6-14(7-9-15)11-12-19-3/h5-10,17-18H,4,11-12H2,1-3H3. The molecule has 1 unspecified atom stereocenters. The van der Waals surface area contributed by atoms with Crippen molar-refractivity contribution in [2.24, 2.45) is 0 Å². The molecule has 2 rings (SSSR count). The molecule has 0 saturated heterocycles. The summed E-state index contributed by atoms with van der Waals surface area (Å²) in [6.07, 6.45) is 0.947. The van der Waals surface area contributed by atoms with Gasteiger partial charge in [-0.3, -0.25) is 0 Å². The maximum atomic E-state index is 5.77. The van der Waals surface area contributed by atoms with Crippen LogP contribution in [0.1, 0.15) is 35.6 Å². The second kappa shape index (κ2) is 7.27. The number of rotatable bonds is 7. The lowest BCUT2D eigenvalue weighted by atomic mass is 10.0. The monoisotopic (exact) mass is 273 g/mol. The third-order valence-corrected chi connectivity index (χ3v) is 3.36. The van der Waals surface area contributed by atoms with Gasteiger partial charge in [-0.05, 0) is 43.1 Å². The van der Waals surface area contributed by atoms with Crippen LogP contribution < -0.4 is 5.32 Å². The van der Waals surface area contributed by atoms with Gasteiger partial charge in [0.15, 0.2) is 0 Å². The highest BCUT2D eigenvalue weighted by Gasteiger charge is 2.16. The molecule has 3 nitrogen and oxygen atoms in total. The number of hydrogen-bond donors (Lipinski definition) is 1. The largest absolute Gasteiger partial charge is 0.464 e. The first kappa shape index (κ1) is 14.8. The Kier molecular flexibility index (Phi) is 5.39. The molecule has 1 aromatic carbocycles. The number of benzene rings is 1. The third kappa shape index (κ3) is 3.71. The van der Waals surface area contributed by atoms with Crippen LogP contribution >= 0.6 is 0 Å². The summed E-state index contributed by atoms with van der Waals surface area (Å²) >= 11 is 0. The molecule has 2 aromatic rings. The molecule has 0 saturated carbocycles. The lowest BCUT2D eigenvalue weighted by Crippen LogP contribution is -2.21. The van der Waals surface area contributed by atoms with Crippen molar-refractivity contribution in [3.8, 4) is 0 Å². The van der Waals surface area contributed by atoms with Crippen molar-refractivity contribution in [3.63, 3.8) is 0 Å². The van der Waals surface area contributed by atoms with E-state index in [1.54, 1.807) is 7.11 Å². The van der Waals surface area contributed by atoms with Crippen LogP contribution in [0.15, 0.2) is 40.8 Å². The molecule has 3 heteroatoms. The Bertz CT molecular complexity index is 516. The van der Waals surface area contributed by atoms with Gasteiger partial charge >= 0.3 is 0 Å². The number of methoxy groups -OCH3 is 1. The predicted molar refractivity (Wildman–Crippen MR) is 81.0 cm³/mol. The van der Waals surface area contributed by atoms with Crippen molar-refractivity contribution in [2.75, 3.05) is 20.3 Å². The van der Waals surface area contributed by atoms with Crippen LogP contribution in [-0.2, 0) is 11.2 Å². The summed E-state index contributed by atoms with van der Waals surface area (Å²) in [6, 6.07) is 12.8. The Morgan fingerprint density at radius 1 is 1.15 bits per heavy atom. The average Bonchev–Trinajstić information content (AvgIpc) is 2.89. The van der Waals surface area contributed by atoms with Crippen molar-refractivity contribution in [1.82, 2.24) is 5.32 Å². The molecule has 0 aliphatic rings. The summed E-state index contributed by atoms with van der Waals surface area (Å²) in [7, 11) is 1.73. The molecule has 0 aliphatic heterocycles. The van der Waals surface area contributed by atoms with Gasteiger partial charge in [0.05, 0.1) is 12.6 Å². The molecule has 1 heterocycles. The zero-order chi connectivity index (χ0) is 14.4. The van der Waals surface area contributed by atoms with Gasteiger partial charge < -0.3 is 14.5 Å². The van der Waals surface area contributed by atoms with Gasteiger partial charge in [0.2, 0.25) is 0 Å². The molecule has 0 radical (unpaired) electrons. The van der Waals surface area contributed by atoms with Crippen LogP contribution in [0.5, 0.6) is 0 Å². The number of nitrogens with one attached hydrogen (secondary N) is 1. The van der Waals surface area contributed by atoms with E-state index in [-0.39, 0.29) is 6.04 Å². The number of hydrogen-bond acceptors (Lipinski definition) is 3. The van der Waals surface area contributed by atoms with Crippen molar-refractivity contribution < 1.29 is 9.15 Å². The van der Waals surface area contributed by atoms with Gasteiger partial charge in [-0.25, -0.2) is 0 Å². The van der Waals surface area contributed by atoms with E-state index >= 15 is 0 Å². The second-order valence-electron chi connectivity index (χ2n) is 4.92. The first-order valence-electron chi connectivity index (χ1n) is 7.12. The van der Waals surface area contributed by atoms with Crippen molar-refractivity contribution in [2.45, 2.75) is 26.3 Å². The normalized spacial score (nSPS) is 12.6. The Hall–Kier alpha value is -1.58. The minimum Gasteiger partial charge on any atom is -0.464 e. The highest BCUT2D eigenvalue weighted by atomic mass is 16.5. The first-order valence-corrected chi connectivity index (χ1v) is 7.12. The maximum Gasteiger partial charge on any atom is 0.125 e. The van der Waals surface area contributed by atoms with Gasteiger partial charge in [-0.1, -0.05) is 31.2 Å². The summed E-state index contributed by atoms with van der Waals surface area (Å²) in [5, 5.41) is 3.47. The van der Waals surface area contributed by atoms with Gasteiger partial charge in [-0.2, -0.15) is 0 Å². The number of aryl methyl sites for hydroxylation is 1. The van der Waals surface area contributed by atoms with Gasteiger partial charge in [0.1, 0.15) is 11.5 Å². The molecule has 0 bridgehead atoms. The van der Waals surface area contributed by atoms with E-state index in [1.807, 2.05) is 19.1 Å². The van der Waals surface area contributed by atoms with Crippen LogP contribution in [0.4, 0.5) is 0 Å². The molecule has 0 spiro atoms. The second-order valence-corrected chi connectivity index (χ2v) is 4.92. The Balaban J connectivity index is 2.17. The minimum atomic E-state index is 0.116. The van der Waals surface area contributed by atoms with E-state index in [1.165, 1.54) is 11.1 Å². The molecule has 108 valence electrons. The lowest BCUT2D eigenvalue weighted by Gasteiger charge is -2.16. The van der Waals surface area contributed by atoms with Crippen molar-refractivity contribution in [3.05, 3.63) is 59.0 Å². The molecule has 0 amide bonds. The molecule has 1 N–H and O–H groups in total. The minimum absolute atomic E-state index is 0.116.